The summed E-state index contributed by atoms with van der Waals surface area (Å²) in [4.78, 5) is 36.6. The first kappa shape index (κ1) is 22.6. The number of halogens is 4. The summed E-state index contributed by atoms with van der Waals surface area (Å²) >= 11 is 0. The van der Waals surface area contributed by atoms with Crippen molar-refractivity contribution < 1.29 is 41.4 Å². The minimum absolute atomic E-state index is 0.129. The molecule has 8 nitrogen and oxygen atoms in total. The van der Waals surface area contributed by atoms with Crippen LogP contribution in [-0.2, 0) is 9.47 Å². The number of carbonyl (C=O) groups is 2. The predicted octanol–water partition coefficient (Wildman–Crippen LogP) is 2.50. The number of aromatic nitrogens is 2. The molecular weight excluding hydrogens is 392 g/mol. The summed E-state index contributed by atoms with van der Waals surface area (Å²) in [5, 5.41) is 0. The SMILES string of the molecule is COC(=O)c1cccn(C(F)F)c1=O.COC(=O)c1cccnc1OC(F)F. The number of ether oxygens (including phenoxy) is 3. The van der Waals surface area contributed by atoms with E-state index in [2.05, 4.69) is 19.2 Å². The van der Waals surface area contributed by atoms with Gasteiger partial charge >= 0.3 is 25.1 Å². The van der Waals surface area contributed by atoms with Gasteiger partial charge in [-0.25, -0.2) is 14.6 Å². The van der Waals surface area contributed by atoms with Crippen LogP contribution in [0.25, 0.3) is 0 Å². The number of hydrogen-bond donors (Lipinski definition) is 0. The Morgan fingerprint density at radius 3 is 2.11 bits per heavy atom. The Balaban J connectivity index is 0.000000280. The molecule has 0 aliphatic carbocycles. The van der Waals surface area contributed by atoms with Crippen LogP contribution in [0.2, 0.25) is 0 Å². The Morgan fingerprint density at radius 1 is 1.00 bits per heavy atom. The van der Waals surface area contributed by atoms with E-state index in [4.69, 9.17) is 0 Å². The fourth-order valence-corrected chi connectivity index (χ4v) is 1.76. The topological polar surface area (TPSA) is 96.7 Å². The first-order chi connectivity index (χ1) is 13.2. The molecule has 0 radical (unpaired) electrons. The number of hydrogen-bond acceptors (Lipinski definition) is 7. The van der Waals surface area contributed by atoms with E-state index < -0.39 is 42.1 Å². The molecule has 2 rings (SSSR count). The molecular formula is C16H14F4N2O6. The lowest BCUT2D eigenvalue weighted by molar-refractivity contribution is -0.0534. The average Bonchev–Trinajstić information content (AvgIpc) is 2.67. The zero-order valence-corrected chi connectivity index (χ0v) is 14.5. The quantitative estimate of drug-likeness (QED) is 0.556. The van der Waals surface area contributed by atoms with E-state index in [9.17, 15) is 31.9 Å². The van der Waals surface area contributed by atoms with Gasteiger partial charge in [0, 0.05) is 12.4 Å². The normalized spacial score (nSPS) is 10.1. The summed E-state index contributed by atoms with van der Waals surface area (Å²) in [6.45, 7) is -5.99. The molecule has 0 amide bonds. The molecule has 0 N–H and O–H groups in total. The van der Waals surface area contributed by atoms with Crippen LogP contribution in [0.4, 0.5) is 17.6 Å². The van der Waals surface area contributed by atoms with Gasteiger partial charge in [-0.15, -0.1) is 0 Å². The molecule has 0 aliphatic heterocycles. The monoisotopic (exact) mass is 406 g/mol. The number of esters is 2. The van der Waals surface area contributed by atoms with Gasteiger partial charge in [-0.1, -0.05) is 0 Å². The fraction of sp³-hybridized carbons (Fsp3) is 0.250. The van der Waals surface area contributed by atoms with Gasteiger partial charge in [-0.2, -0.15) is 17.6 Å². The summed E-state index contributed by atoms with van der Waals surface area (Å²) in [6, 6.07) is 5.02. The van der Waals surface area contributed by atoms with Crippen LogP contribution in [0.3, 0.4) is 0 Å². The number of nitrogens with zero attached hydrogens (tertiary/aromatic N) is 2. The van der Waals surface area contributed by atoms with E-state index in [-0.39, 0.29) is 10.1 Å². The predicted molar refractivity (Wildman–Crippen MR) is 85.5 cm³/mol. The maximum absolute atomic E-state index is 12.2. The van der Waals surface area contributed by atoms with Crippen LogP contribution >= 0.6 is 0 Å². The minimum atomic E-state index is -3.02. The van der Waals surface area contributed by atoms with Crippen molar-refractivity contribution >= 4 is 11.9 Å². The van der Waals surface area contributed by atoms with E-state index in [1.165, 1.54) is 24.4 Å². The second-order valence-corrected chi connectivity index (χ2v) is 4.63. The van der Waals surface area contributed by atoms with E-state index >= 15 is 0 Å². The number of carbonyl (C=O) groups excluding carboxylic acids is 2. The van der Waals surface area contributed by atoms with Crippen LogP contribution in [0, 0.1) is 0 Å². The lowest BCUT2D eigenvalue weighted by atomic mass is 10.3. The van der Waals surface area contributed by atoms with Crippen molar-refractivity contribution in [1.29, 1.82) is 0 Å². The Hall–Kier alpha value is -3.44. The van der Waals surface area contributed by atoms with Gasteiger partial charge in [-0.05, 0) is 24.3 Å². The Morgan fingerprint density at radius 2 is 1.57 bits per heavy atom. The molecule has 12 heteroatoms. The first-order valence-corrected chi connectivity index (χ1v) is 7.28. The highest BCUT2D eigenvalue weighted by Gasteiger charge is 2.17. The Kier molecular flexibility index (Phi) is 8.59. The molecule has 0 atom stereocenters. The van der Waals surface area contributed by atoms with Gasteiger partial charge in [-0.3, -0.25) is 9.36 Å². The molecule has 2 heterocycles. The zero-order valence-electron chi connectivity index (χ0n) is 14.5. The summed E-state index contributed by atoms with van der Waals surface area (Å²) in [5.41, 5.74) is -1.60. The third kappa shape index (κ3) is 6.07. The molecule has 0 spiro atoms. The van der Waals surface area contributed by atoms with Crippen molar-refractivity contribution in [2.75, 3.05) is 14.2 Å². The smallest absolute Gasteiger partial charge is 0.388 e. The van der Waals surface area contributed by atoms with Crippen molar-refractivity contribution in [1.82, 2.24) is 9.55 Å². The number of rotatable bonds is 5. The van der Waals surface area contributed by atoms with Gasteiger partial charge in [0.1, 0.15) is 11.1 Å². The average molecular weight is 406 g/mol. The van der Waals surface area contributed by atoms with Gasteiger partial charge in [0.15, 0.2) is 0 Å². The summed E-state index contributed by atoms with van der Waals surface area (Å²) in [5.74, 6) is -2.13. The molecule has 152 valence electrons. The standard InChI is InChI=1S/2C8H7F2NO3/c1-13-7(12)5-3-2-4-11-6(5)14-8(9)10;1-14-7(13)5-3-2-4-11(6(5)12)8(9)10/h2*2-4,8H,1H3. The van der Waals surface area contributed by atoms with E-state index in [0.717, 1.165) is 26.5 Å². The minimum Gasteiger partial charge on any atom is -0.465 e. The molecule has 0 fully saturated rings. The van der Waals surface area contributed by atoms with E-state index in [1.54, 1.807) is 0 Å². The third-order valence-electron chi connectivity index (χ3n) is 2.97. The number of alkyl halides is 4. The molecule has 0 saturated heterocycles. The largest absolute Gasteiger partial charge is 0.465 e. The van der Waals surface area contributed by atoms with Crippen molar-refractivity contribution in [2.45, 2.75) is 13.2 Å². The number of pyridine rings is 2. The van der Waals surface area contributed by atoms with Crippen LogP contribution in [-0.4, -0.2) is 42.3 Å². The lowest BCUT2D eigenvalue weighted by Crippen LogP contribution is -2.26. The highest BCUT2D eigenvalue weighted by molar-refractivity contribution is 5.91. The van der Waals surface area contributed by atoms with Crippen molar-refractivity contribution in [3.8, 4) is 5.88 Å². The van der Waals surface area contributed by atoms with Crippen molar-refractivity contribution in [3.63, 3.8) is 0 Å². The van der Waals surface area contributed by atoms with Crippen LogP contribution < -0.4 is 10.3 Å². The second kappa shape index (κ2) is 10.6. The maximum atomic E-state index is 12.2. The molecule has 0 unspecified atom stereocenters. The summed E-state index contributed by atoms with van der Waals surface area (Å²) < 4.78 is 60.9. The van der Waals surface area contributed by atoms with E-state index in [0.29, 0.717) is 0 Å². The van der Waals surface area contributed by atoms with Gasteiger partial charge < -0.3 is 14.2 Å². The summed E-state index contributed by atoms with van der Waals surface area (Å²) in [6.07, 6.45) is 2.14. The number of methoxy groups -OCH3 is 2. The van der Waals surface area contributed by atoms with Crippen molar-refractivity contribution in [2.24, 2.45) is 0 Å². The lowest BCUT2D eigenvalue weighted by Gasteiger charge is -2.06. The van der Waals surface area contributed by atoms with Crippen LogP contribution in [0.15, 0.2) is 41.5 Å². The fourth-order valence-electron chi connectivity index (χ4n) is 1.76. The molecule has 0 saturated carbocycles. The van der Waals surface area contributed by atoms with Crippen LogP contribution in [0.1, 0.15) is 27.3 Å². The maximum Gasteiger partial charge on any atom is 0.388 e. The summed E-state index contributed by atoms with van der Waals surface area (Å²) in [7, 11) is 2.21. The van der Waals surface area contributed by atoms with Gasteiger partial charge in [0.05, 0.1) is 14.2 Å². The molecule has 0 bridgehead atoms. The Bertz CT molecular complexity index is 872. The Labute approximate surface area is 155 Å². The van der Waals surface area contributed by atoms with Gasteiger partial charge in [0.2, 0.25) is 5.88 Å². The highest BCUT2D eigenvalue weighted by atomic mass is 19.3. The highest BCUT2D eigenvalue weighted by Crippen LogP contribution is 2.17. The van der Waals surface area contributed by atoms with E-state index in [1.807, 2.05) is 0 Å². The molecule has 28 heavy (non-hydrogen) atoms. The first-order valence-electron chi connectivity index (χ1n) is 7.28. The molecule has 2 aromatic heterocycles. The van der Waals surface area contributed by atoms with Crippen LogP contribution in [0.5, 0.6) is 5.88 Å². The van der Waals surface area contributed by atoms with Crippen molar-refractivity contribution in [3.05, 3.63) is 58.1 Å². The second-order valence-electron chi connectivity index (χ2n) is 4.63. The molecule has 2 aromatic rings. The molecule has 0 aromatic carbocycles. The zero-order chi connectivity index (χ0) is 21.3. The third-order valence-corrected chi connectivity index (χ3v) is 2.97. The van der Waals surface area contributed by atoms with Gasteiger partial charge in [0.25, 0.3) is 5.56 Å². The molecule has 0 aliphatic rings.